The fourth-order valence-electron chi connectivity index (χ4n) is 4.60. The van der Waals surface area contributed by atoms with E-state index in [4.69, 9.17) is 16.3 Å². The van der Waals surface area contributed by atoms with Crippen molar-refractivity contribution in [1.82, 2.24) is 0 Å². The molecule has 4 atom stereocenters. The van der Waals surface area contributed by atoms with Crippen LogP contribution in [-0.2, 0) is 16.2 Å². The Kier molecular flexibility index (Phi) is 3.83. The van der Waals surface area contributed by atoms with E-state index in [0.29, 0.717) is 23.1 Å². The van der Waals surface area contributed by atoms with E-state index in [-0.39, 0.29) is 35.5 Å². The van der Waals surface area contributed by atoms with Crippen LogP contribution in [0.1, 0.15) is 12.0 Å². The fraction of sp³-hybridized carbons (Fsp3) is 0.273. The third-order valence-corrected chi connectivity index (χ3v) is 6.14. The van der Waals surface area contributed by atoms with Gasteiger partial charge in [-0.3, -0.25) is 14.5 Å². The quantitative estimate of drug-likeness (QED) is 0.590. The van der Waals surface area contributed by atoms with E-state index in [0.717, 1.165) is 12.0 Å². The highest BCUT2D eigenvalue weighted by Crippen LogP contribution is 2.53. The number of halogens is 1. The van der Waals surface area contributed by atoms with E-state index >= 15 is 0 Å². The second-order valence-electron chi connectivity index (χ2n) is 7.42. The molecule has 27 heavy (non-hydrogen) atoms. The maximum Gasteiger partial charge on any atom is 0.238 e. The van der Waals surface area contributed by atoms with Gasteiger partial charge in [0.05, 0.1) is 17.5 Å². The Labute approximate surface area is 162 Å². The summed E-state index contributed by atoms with van der Waals surface area (Å²) < 4.78 is 5.78. The van der Waals surface area contributed by atoms with Gasteiger partial charge in [0.1, 0.15) is 12.4 Å². The first-order valence-electron chi connectivity index (χ1n) is 9.15. The zero-order valence-electron chi connectivity index (χ0n) is 14.5. The van der Waals surface area contributed by atoms with Gasteiger partial charge in [-0.2, -0.15) is 0 Å². The van der Waals surface area contributed by atoms with Crippen molar-refractivity contribution in [2.45, 2.75) is 13.0 Å². The third-order valence-electron chi connectivity index (χ3n) is 5.88. The summed E-state index contributed by atoms with van der Waals surface area (Å²) in [6.45, 7) is 0.428. The van der Waals surface area contributed by atoms with Crippen LogP contribution in [0.3, 0.4) is 0 Å². The minimum atomic E-state index is -0.173. The molecule has 1 saturated heterocycles. The highest BCUT2D eigenvalue weighted by molar-refractivity contribution is 6.30. The van der Waals surface area contributed by atoms with Gasteiger partial charge >= 0.3 is 0 Å². The fourth-order valence-corrected chi connectivity index (χ4v) is 4.72. The van der Waals surface area contributed by atoms with E-state index in [1.54, 1.807) is 24.3 Å². The number of fused-ring (bicyclic) bond motifs is 5. The molecule has 3 aliphatic rings. The normalized spacial score (nSPS) is 28.1. The number of carbonyl (C=O) groups excluding carboxylic acids is 2. The second kappa shape index (κ2) is 6.24. The van der Waals surface area contributed by atoms with Crippen LogP contribution >= 0.6 is 11.6 Å². The third kappa shape index (κ3) is 2.67. The van der Waals surface area contributed by atoms with E-state index in [9.17, 15) is 9.59 Å². The van der Waals surface area contributed by atoms with Crippen LogP contribution in [0.5, 0.6) is 5.75 Å². The molecule has 0 aromatic heterocycles. The Morgan fingerprint density at radius 1 is 0.889 bits per heavy atom. The molecule has 0 N–H and O–H groups in total. The summed E-state index contributed by atoms with van der Waals surface area (Å²) in [6, 6.07) is 14.6. The van der Waals surface area contributed by atoms with Gasteiger partial charge in [0.15, 0.2) is 0 Å². The molecule has 5 rings (SSSR count). The predicted octanol–water partition coefficient (Wildman–Crippen LogP) is 4.23. The standard InChI is InChI=1S/C22H18ClNO3/c23-16-5-1-13(2-6-16)12-27-18-9-7-17(8-10-18)24-21(25)19-14-3-4-15(11-14)20(19)22(24)26/h1-10,14-15,19-20H,11-12H2/t14-,15+,19-,20+. The molecule has 5 heteroatoms. The number of allylic oxidation sites excluding steroid dienone is 2. The van der Waals surface area contributed by atoms with Crippen LogP contribution in [0.25, 0.3) is 0 Å². The molecule has 136 valence electrons. The molecule has 0 spiro atoms. The molecular formula is C22H18ClNO3. The van der Waals surface area contributed by atoms with Crippen molar-refractivity contribution in [2.75, 3.05) is 4.90 Å². The summed E-state index contributed by atoms with van der Waals surface area (Å²) in [5.74, 6) is 0.677. The first-order chi connectivity index (χ1) is 13.1. The molecule has 2 bridgehead atoms. The Morgan fingerprint density at radius 2 is 1.48 bits per heavy atom. The summed E-state index contributed by atoms with van der Waals surface area (Å²) in [5.41, 5.74) is 1.64. The van der Waals surface area contributed by atoms with Crippen molar-refractivity contribution >= 4 is 29.1 Å². The van der Waals surface area contributed by atoms with E-state index in [2.05, 4.69) is 12.2 Å². The maximum atomic E-state index is 12.8. The first-order valence-corrected chi connectivity index (χ1v) is 9.53. The molecule has 1 heterocycles. The number of anilines is 1. The molecule has 0 radical (unpaired) electrons. The lowest BCUT2D eigenvalue weighted by Gasteiger charge is -2.17. The number of hydrogen-bond donors (Lipinski definition) is 0. The highest BCUT2D eigenvalue weighted by Gasteiger charge is 2.59. The van der Waals surface area contributed by atoms with Gasteiger partial charge in [-0.25, -0.2) is 0 Å². The van der Waals surface area contributed by atoms with Crippen LogP contribution in [-0.4, -0.2) is 11.8 Å². The lowest BCUT2D eigenvalue weighted by atomic mass is 9.85. The monoisotopic (exact) mass is 379 g/mol. The number of imide groups is 1. The molecule has 0 unspecified atom stereocenters. The number of hydrogen-bond acceptors (Lipinski definition) is 3. The minimum absolute atomic E-state index is 0.0586. The zero-order valence-corrected chi connectivity index (χ0v) is 15.3. The average Bonchev–Trinajstić information content (AvgIpc) is 3.36. The summed E-state index contributed by atoms with van der Waals surface area (Å²) in [5, 5.41) is 0.691. The first kappa shape index (κ1) is 16.6. The molecule has 2 aromatic carbocycles. The second-order valence-corrected chi connectivity index (χ2v) is 7.86. The average molecular weight is 380 g/mol. The summed E-state index contributed by atoms with van der Waals surface area (Å²) >= 11 is 5.88. The Balaban J connectivity index is 1.30. The van der Waals surface area contributed by atoms with Gasteiger partial charge in [-0.1, -0.05) is 35.9 Å². The summed E-state index contributed by atoms with van der Waals surface area (Å²) in [4.78, 5) is 27.0. The number of amides is 2. The zero-order chi connectivity index (χ0) is 18.5. The topological polar surface area (TPSA) is 46.6 Å². The van der Waals surface area contributed by atoms with Gasteiger partial charge in [0, 0.05) is 5.02 Å². The molecule has 2 aliphatic carbocycles. The number of ether oxygens (including phenoxy) is 1. The summed E-state index contributed by atoms with van der Waals surface area (Å²) in [7, 11) is 0. The van der Waals surface area contributed by atoms with Gasteiger partial charge in [0.25, 0.3) is 0 Å². The van der Waals surface area contributed by atoms with Gasteiger partial charge in [-0.05, 0) is 60.2 Å². The number of nitrogens with zero attached hydrogens (tertiary/aromatic N) is 1. The highest BCUT2D eigenvalue weighted by atomic mass is 35.5. The van der Waals surface area contributed by atoms with Crippen LogP contribution in [0.4, 0.5) is 5.69 Å². The molecule has 1 saturated carbocycles. The van der Waals surface area contributed by atoms with E-state index in [1.807, 2.05) is 24.3 Å². The van der Waals surface area contributed by atoms with E-state index < -0.39 is 0 Å². The van der Waals surface area contributed by atoms with Gasteiger partial charge in [-0.15, -0.1) is 0 Å². The van der Waals surface area contributed by atoms with Gasteiger partial charge < -0.3 is 4.74 Å². The van der Waals surface area contributed by atoms with Crippen molar-refractivity contribution < 1.29 is 14.3 Å². The van der Waals surface area contributed by atoms with Crippen molar-refractivity contribution in [3.05, 3.63) is 71.3 Å². The maximum absolute atomic E-state index is 12.8. The van der Waals surface area contributed by atoms with Crippen molar-refractivity contribution in [2.24, 2.45) is 23.7 Å². The minimum Gasteiger partial charge on any atom is -0.489 e. The van der Waals surface area contributed by atoms with Crippen LogP contribution in [0.2, 0.25) is 5.02 Å². The van der Waals surface area contributed by atoms with E-state index in [1.165, 1.54) is 4.90 Å². The largest absolute Gasteiger partial charge is 0.489 e. The Bertz CT molecular complexity index is 905. The van der Waals surface area contributed by atoms with Crippen molar-refractivity contribution in [3.63, 3.8) is 0 Å². The number of rotatable bonds is 4. The molecule has 4 nitrogen and oxygen atoms in total. The van der Waals surface area contributed by atoms with Gasteiger partial charge in [0.2, 0.25) is 11.8 Å². The van der Waals surface area contributed by atoms with Crippen LogP contribution in [0.15, 0.2) is 60.7 Å². The SMILES string of the molecule is O=C1[C@@H]2[C@H](C(=O)N1c1ccc(OCc3ccc(Cl)cc3)cc1)[C@@H]1C=C[C@H]2C1. The molecule has 2 aromatic rings. The lowest BCUT2D eigenvalue weighted by molar-refractivity contribution is -0.123. The predicted molar refractivity (Wildman–Crippen MR) is 102 cm³/mol. The smallest absolute Gasteiger partial charge is 0.238 e. The van der Waals surface area contributed by atoms with Crippen LogP contribution in [0, 0.1) is 23.7 Å². The number of benzene rings is 2. The molecule has 2 fully saturated rings. The Morgan fingerprint density at radius 3 is 2.07 bits per heavy atom. The van der Waals surface area contributed by atoms with Crippen molar-refractivity contribution in [3.8, 4) is 5.75 Å². The molecular weight excluding hydrogens is 362 g/mol. The lowest BCUT2D eigenvalue weighted by Crippen LogP contribution is -2.32. The number of carbonyl (C=O) groups is 2. The van der Waals surface area contributed by atoms with Crippen LogP contribution < -0.4 is 9.64 Å². The van der Waals surface area contributed by atoms with Crippen molar-refractivity contribution in [1.29, 1.82) is 0 Å². The summed E-state index contributed by atoms with van der Waals surface area (Å²) in [6.07, 6.45) is 5.15. The molecule has 1 aliphatic heterocycles. The molecule has 2 amide bonds. The Hall–Kier alpha value is -2.59.